The van der Waals surface area contributed by atoms with Gasteiger partial charge in [-0.2, -0.15) is 13.2 Å². The van der Waals surface area contributed by atoms with E-state index in [9.17, 15) is 27.6 Å². The lowest BCUT2D eigenvalue weighted by atomic mass is 9.97. The van der Waals surface area contributed by atoms with Crippen LogP contribution in [0.4, 0.5) is 18.9 Å². The molecule has 0 aromatic heterocycles. The molecule has 0 aliphatic carbocycles. The topological polar surface area (TPSA) is 78.5 Å². The smallest absolute Gasteiger partial charge is 0.350 e. The van der Waals surface area contributed by atoms with E-state index in [1.54, 1.807) is 71.6 Å². The van der Waals surface area contributed by atoms with Crippen molar-refractivity contribution in [2.45, 2.75) is 32.1 Å². The third kappa shape index (κ3) is 7.00. The molecule has 5 aromatic carbocycles. The number of carbonyl (C=O) groups is 3. The molecule has 1 aliphatic rings. The molecule has 0 radical (unpaired) electrons. The van der Waals surface area contributed by atoms with Gasteiger partial charge in [-0.1, -0.05) is 90.5 Å². The van der Waals surface area contributed by atoms with Gasteiger partial charge in [-0.3, -0.25) is 14.4 Å². The van der Waals surface area contributed by atoms with E-state index in [4.69, 9.17) is 0 Å². The Balaban J connectivity index is 1.19. The van der Waals surface area contributed by atoms with Crippen molar-refractivity contribution >= 4 is 23.4 Å². The number of fused-ring (bicyclic) bond motifs is 1. The molecule has 9 heteroatoms. The standard InChI is InChI=1S/C39H32F3N3O3/c1-25-8-7-9-26(22-25)24-43-37(47)35(28-10-3-2-4-11-28)44-36(46)30-16-19-34-29(23-30)20-21-45(34)38(48)33-13-6-5-12-32(33)27-14-17-31(18-15-27)39(40,41)42/h2-19,22-23,35H,20-21,24H2,1H3,(H,43,47)(H,44,46). The highest BCUT2D eigenvalue weighted by atomic mass is 19.4. The Labute approximate surface area is 276 Å². The van der Waals surface area contributed by atoms with Crippen molar-refractivity contribution in [3.63, 3.8) is 0 Å². The van der Waals surface area contributed by atoms with E-state index in [1.807, 2.05) is 37.3 Å². The zero-order valence-electron chi connectivity index (χ0n) is 26.1. The first-order valence-electron chi connectivity index (χ1n) is 15.5. The van der Waals surface area contributed by atoms with Crippen molar-refractivity contribution in [1.29, 1.82) is 0 Å². The minimum absolute atomic E-state index is 0.295. The van der Waals surface area contributed by atoms with E-state index < -0.39 is 23.7 Å². The minimum Gasteiger partial charge on any atom is -0.350 e. The molecule has 6 nitrogen and oxygen atoms in total. The van der Waals surface area contributed by atoms with Gasteiger partial charge in [0, 0.05) is 29.9 Å². The molecule has 3 amide bonds. The number of benzene rings is 5. The van der Waals surface area contributed by atoms with Crippen molar-refractivity contribution in [3.05, 3.63) is 160 Å². The summed E-state index contributed by atoms with van der Waals surface area (Å²) in [4.78, 5) is 42.4. The molecule has 2 N–H and O–H groups in total. The van der Waals surface area contributed by atoms with Crippen LogP contribution in [0.1, 0.15) is 54.6 Å². The van der Waals surface area contributed by atoms with Crippen molar-refractivity contribution in [1.82, 2.24) is 10.6 Å². The van der Waals surface area contributed by atoms with Gasteiger partial charge in [0.25, 0.3) is 11.8 Å². The average Bonchev–Trinajstić information content (AvgIpc) is 3.53. The van der Waals surface area contributed by atoms with E-state index in [0.717, 1.165) is 28.8 Å². The van der Waals surface area contributed by atoms with Crippen LogP contribution >= 0.6 is 0 Å². The summed E-state index contributed by atoms with van der Waals surface area (Å²) in [7, 11) is 0. The number of nitrogens with zero attached hydrogens (tertiary/aromatic N) is 1. The van der Waals surface area contributed by atoms with Gasteiger partial charge in [-0.25, -0.2) is 0 Å². The maximum Gasteiger partial charge on any atom is 0.416 e. The molecule has 242 valence electrons. The molecular formula is C39H32F3N3O3. The minimum atomic E-state index is -4.46. The Hall–Kier alpha value is -5.70. The van der Waals surface area contributed by atoms with E-state index >= 15 is 0 Å². The van der Waals surface area contributed by atoms with E-state index in [0.29, 0.717) is 53.0 Å². The predicted octanol–water partition coefficient (Wildman–Crippen LogP) is 7.67. The largest absolute Gasteiger partial charge is 0.416 e. The molecule has 0 saturated carbocycles. The molecule has 0 spiro atoms. The van der Waals surface area contributed by atoms with Crippen LogP contribution in [0.2, 0.25) is 0 Å². The molecule has 0 saturated heterocycles. The summed E-state index contributed by atoms with van der Waals surface area (Å²) < 4.78 is 39.4. The SMILES string of the molecule is Cc1cccc(CNC(=O)C(NC(=O)c2ccc3c(c2)CCN3C(=O)c2ccccc2-c2ccc(C(F)(F)F)cc2)c2ccccc2)c1. The lowest BCUT2D eigenvalue weighted by Gasteiger charge is -2.21. The summed E-state index contributed by atoms with van der Waals surface area (Å²) in [6.45, 7) is 2.66. The lowest BCUT2D eigenvalue weighted by molar-refractivity contribution is -0.137. The van der Waals surface area contributed by atoms with Crippen LogP contribution in [-0.4, -0.2) is 24.3 Å². The Kier molecular flexibility index (Phi) is 9.12. The van der Waals surface area contributed by atoms with Crippen LogP contribution in [-0.2, 0) is 23.9 Å². The van der Waals surface area contributed by atoms with Gasteiger partial charge >= 0.3 is 6.18 Å². The number of halogens is 3. The summed E-state index contributed by atoms with van der Waals surface area (Å²) in [5, 5.41) is 5.82. The van der Waals surface area contributed by atoms with Crippen LogP contribution in [0.5, 0.6) is 0 Å². The Bertz CT molecular complexity index is 1970. The van der Waals surface area contributed by atoms with E-state index in [1.165, 1.54) is 12.1 Å². The summed E-state index contributed by atoms with van der Waals surface area (Å²) in [5.74, 6) is -1.08. The number of hydrogen-bond acceptors (Lipinski definition) is 3. The number of hydrogen-bond donors (Lipinski definition) is 2. The van der Waals surface area contributed by atoms with Gasteiger partial charge in [-0.05, 0) is 77.6 Å². The third-order valence-corrected chi connectivity index (χ3v) is 8.38. The van der Waals surface area contributed by atoms with Crippen LogP contribution in [0.15, 0.2) is 121 Å². The van der Waals surface area contributed by atoms with E-state index in [2.05, 4.69) is 10.6 Å². The van der Waals surface area contributed by atoms with Gasteiger partial charge < -0.3 is 15.5 Å². The summed E-state index contributed by atoms with van der Waals surface area (Å²) >= 11 is 0. The number of rotatable bonds is 8. The second kappa shape index (κ2) is 13.6. The average molecular weight is 648 g/mol. The zero-order chi connectivity index (χ0) is 33.8. The molecule has 0 bridgehead atoms. The molecule has 5 aromatic rings. The van der Waals surface area contributed by atoms with Gasteiger partial charge in [0.1, 0.15) is 6.04 Å². The normalized spacial score (nSPS) is 13.0. The second-order valence-electron chi connectivity index (χ2n) is 11.7. The number of carbonyl (C=O) groups excluding carboxylic acids is 3. The molecule has 1 unspecified atom stereocenters. The van der Waals surface area contributed by atoms with E-state index in [-0.39, 0.29) is 11.8 Å². The van der Waals surface area contributed by atoms with Crippen LogP contribution in [0, 0.1) is 6.92 Å². The highest BCUT2D eigenvalue weighted by molar-refractivity contribution is 6.11. The van der Waals surface area contributed by atoms with Crippen molar-refractivity contribution in [2.75, 3.05) is 11.4 Å². The second-order valence-corrected chi connectivity index (χ2v) is 11.7. The fourth-order valence-corrected chi connectivity index (χ4v) is 5.93. The molecule has 1 aliphatic heterocycles. The summed E-state index contributed by atoms with van der Waals surface area (Å²) in [5.41, 5.74) is 5.06. The number of amides is 3. The molecule has 0 fully saturated rings. The van der Waals surface area contributed by atoms with Gasteiger partial charge in [0.2, 0.25) is 5.91 Å². The quantitative estimate of drug-likeness (QED) is 0.182. The van der Waals surface area contributed by atoms with Gasteiger partial charge in [0.15, 0.2) is 0 Å². The Morgan fingerprint density at radius 3 is 2.27 bits per heavy atom. The fourth-order valence-electron chi connectivity index (χ4n) is 5.93. The van der Waals surface area contributed by atoms with Crippen LogP contribution in [0.25, 0.3) is 11.1 Å². The first-order valence-corrected chi connectivity index (χ1v) is 15.5. The highest BCUT2D eigenvalue weighted by Gasteiger charge is 2.31. The predicted molar refractivity (Wildman–Crippen MR) is 178 cm³/mol. The van der Waals surface area contributed by atoms with Gasteiger partial charge in [0.05, 0.1) is 5.56 Å². The molecule has 1 atom stereocenters. The molecular weight excluding hydrogens is 615 g/mol. The maximum atomic E-state index is 13.8. The van der Waals surface area contributed by atoms with Crippen molar-refractivity contribution in [2.24, 2.45) is 0 Å². The number of alkyl halides is 3. The molecule has 6 rings (SSSR count). The number of nitrogens with one attached hydrogen (secondary N) is 2. The van der Waals surface area contributed by atoms with Crippen LogP contribution in [0.3, 0.4) is 0 Å². The highest BCUT2D eigenvalue weighted by Crippen LogP contribution is 2.35. The monoisotopic (exact) mass is 647 g/mol. The fraction of sp³-hybridized carbons (Fsp3) is 0.154. The number of aryl methyl sites for hydroxylation is 1. The van der Waals surface area contributed by atoms with Gasteiger partial charge in [-0.15, -0.1) is 0 Å². The van der Waals surface area contributed by atoms with Crippen molar-refractivity contribution in [3.8, 4) is 11.1 Å². The molecule has 48 heavy (non-hydrogen) atoms. The molecule has 1 heterocycles. The van der Waals surface area contributed by atoms with Crippen molar-refractivity contribution < 1.29 is 27.6 Å². The Morgan fingerprint density at radius 1 is 0.812 bits per heavy atom. The maximum absolute atomic E-state index is 13.8. The number of anilines is 1. The first kappa shape index (κ1) is 32.2. The third-order valence-electron chi connectivity index (χ3n) is 8.38. The summed E-state index contributed by atoms with van der Waals surface area (Å²) in [6.07, 6.45) is -3.96. The zero-order valence-corrected chi connectivity index (χ0v) is 26.1. The first-order chi connectivity index (χ1) is 23.1. The summed E-state index contributed by atoms with van der Waals surface area (Å²) in [6, 6.07) is 32.5. The van der Waals surface area contributed by atoms with Crippen LogP contribution < -0.4 is 15.5 Å². The lowest BCUT2D eigenvalue weighted by Crippen LogP contribution is -2.40. The Morgan fingerprint density at radius 2 is 1.54 bits per heavy atom.